The van der Waals surface area contributed by atoms with Crippen molar-refractivity contribution >= 4 is 22.6 Å². The summed E-state index contributed by atoms with van der Waals surface area (Å²) in [4.78, 5) is 20.6. The van der Waals surface area contributed by atoms with Crippen molar-refractivity contribution in [3.05, 3.63) is 36.4 Å². The zero-order valence-electron chi connectivity index (χ0n) is 11.7. The van der Waals surface area contributed by atoms with Crippen LogP contribution in [0.5, 0.6) is 0 Å². The molecule has 0 saturated carbocycles. The van der Waals surface area contributed by atoms with Crippen LogP contribution in [-0.2, 0) is 4.79 Å². The number of fused-ring (bicyclic) bond motifs is 1. The lowest BCUT2D eigenvalue weighted by Gasteiger charge is -2.35. The zero-order chi connectivity index (χ0) is 13.9. The fourth-order valence-electron chi connectivity index (χ4n) is 2.64. The normalized spacial score (nSPS) is 15.7. The Morgan fingerprint density at radius 1 is 1.10 bits per heavy atom. The highest BCUT2D eigenvalue weighted by Gasteiger charge is 2.20. The van der Waals surface area contributed by atoms with Crippen LogP contribution < -0.4 is 4.90 Å². The molecule has 0 atom stereocenters. The Bertz CT molecular complexity index is 618. The molecule has 4 heteroatoms. The third-order valence-electron chi connectivity index (χ3n) is 3.84. The van der Waals surface area contributed by atoms with Crippen molar-refractivity contribution in [3.63, 3.8) is 0 Å². The number of carbonyl (C=O) groups is 1. The van der Waals surface area contributed by atoms with Crippen molar-refractivity contribution in [2.24, 2.45) is 0 Å². The van der Waals surface area contributed by atoms with Gasteiger partial charge in [-0.2, -0.15) is 0 Å². The second-order valence-electron chi connectivity index (χ2n) is 5.08. The Kier molecular flexibility index (Phi) is 3.54. The first kappa shape index (κ1) is 12.9. The molecule has 0 unspecified atom stereocenters. The van der Waals surface area contributed by atoms with Gasteiger partial charge in [0, 0.05) is 38.0 Å². The summed E-state index contributed by atoms with van der Waals surface area (Å²) in [6.45, 7) is 5.22. The fraction of sp³-hybridized carbons (Fsp3) is 0.375. The van der Waals surface area contributed by atoms with Crippen molar-refractivity contribution in [1.29, 1.82) is 0 Å². The highest BCUT2D eigenvalue weighted by molar-refractivity contribution is 5.80. The van der Waals surface area contributed by atoms with Gasteiger partial charge in [-0.3, -0.25) is 4.79 Å². The SMILES string of the molecule is CCC(=O)N1CCN(c2ccc3ccccc3n2)CC1. The Morgan fingerprint density at radius 3 is 2.60 bits per heavy atom. The number of anilines is 1. The third-order valence-corrected chi connectivity index (χ3v) is 3.84. The third kappa shape index (κ3) is 2.46. The molecule has 1 amide bonds. The van der Waals surface area contributed by atoms with Crippen LogP contribution in [0.3, 0.4) is 0 Å². The number of aromatic nitrogens is 1. The second-order valence-corrected chi connectivity index (χ2v) is 5.08. The van der Waals surface area contributed by atoms with Gasteiger partial charge in [0.25, 0.3) is 0 Å². The molecule has 0 bridgehead atoms. The van der Waals surface area contributed by atoms with Crippen LogP contribution in [0.25, 0.3) is 10.9 Å². The molecule has 1 aliphatic heterocycles. The first-order valence-corrected chi connectivity index (χ1v) is 7.16. The Hall–Kier alpha value is -2.10. The van der Waals surface area contributed by atoms with E-state index in [1.807, 2.05) is 30.0 Å². The number of hydrogen-bond acceptors (Lipinski definition) is 3. The summed E-state index contributed by atoms with van der Waals surface area (Å²) in [5, 5.41) is 1.16. The van der Waals surface area contributed by atoms with E-state index in [0.717, 1.165) is 42.9 Å². The summed E-state index contributed by atoms with van der Waals surface area (Å²) in [5.74, 6) is 1.25. The van der Waals surface area contributed by atoms with E-state index in [2.05, 4.69) is 23.1 Å². The maximum absolute atomic E-state index is 11.7. The first-order valence-electron chi connectivity index (χ1n) is 7.16. The standard InChI is InChI=1S/C16H19N3O/c1-2-16(20)19-11-9-18(10-12-19)15-8-7-13-5-3-4-6-14(13)17-15/h3-8H,2,9-12H2,1H3. The number of benzene rings is 1. The largest absolute Gasteiger partial charge is 0.353 e. The van der Waals surface area contributed by atoms with E-state index in [1.165, 1.54) is 0 Å². The first-order chi connectivity index (χ1) is 9.78. The minimum absolute atomic E-state index is 0.246. The molecule has 1 saturated heterocycles. The van der Waals surface area contributed by atoms with Gasteiger partial charge in [-0.1, -0.05) is 25.1 Å². The Morgan fingerprint density at radius 2 is 1.85 bits per heavy atom. The number of hydrogen-bond donors (Lipinski definition) is 0. The lowest BCUT2D eigenvalue weighted by Crippen LogP contribution is -2.48. The highest BCUT2D eigenvalue weighted by Crippen LogP contribution is 2.19. The van der Waals surface area contributed by atoms with E-state index in [1.54, 1.807) is 0 Å². The van der Waals surface area contributed by atoms with Crippen LogP contribution in [0.15, 0.2) is 36.4 Å². The molecule has 0 N–H and O–H groups in total. The molecule has 0 aliphatic carbocycles. The Labute approximate surface area is 119 Å². The molecule has 3 rings (SSSR count). The van der Waals surface area contributed by atoms with E-state index < -0.39 is 0 Å². The van der Waals surface area contributed by atoms with E-state index in [9.17, 15) is 4.79 Å². The van der Waals surface area contributed by atoms with Crippen molar-refractivity contribution < 1.29 is 4.79 Å². The average molecular weight is 269 g/mol. The minimum atomic E-state index is 0.246. The summed E-state index contributed by atoms with van der Waals surface area (Å²) in [6.07, 6.45) is 0.591. The van der Waals surface area contributed by atoms with Crippen molar-refractivity contribution in [2.75, 3.05) is 31.1 Å². The van der Waals surface area contributed by atoms with Gasteiger partial charge in [-0.25, -0.2) is 4.98 Å². The van der Waals surface area contributed by atoms with Crippen LogP contribution in [0.4, 0.5) is 5.82 Å². The van der Waals surface area contributed by atoms with E-state index >= 15 is 0 Å². The molecule has 1 aromatic heterocycles. The molecule has 2 heterocycles. The maximum Gasteiger partial charge on any atom is 0.222 e. The van der Waals surface area contributed by atoms with Crippen LogP contribution in [0.1, 0.15) is 13.3 Å². The molecule has 20 heavy (non-hydrogen) atoms. The predicted molar refractivity (Wildman–Crippen MR) is 80.8 cm³/mol. The highest BCUT2D eigenvalue weighted by atomic mass is 16.2. The smallest absolute Gasteiger partial charge is 0.222 e. The molecule has 0 spiro atoms. The van der Waals surface area contributed by atoms with Gasteiger partial charge in [0.1, 0.15) is 5.82 Å². The monoisotopic (exact) mass is 269 g/mol. The number of nitrogens with zero attached hydrogens (tertiary/aromatic N) is 3. The predicted octanol–water partition coefficient (Wildman–Crippen LogP) is 2.29. The molecule has 1 aliphatic rings. The van der Waals surface area contributed by atoms with Crippen LogP contribution in [0, 0.1) is 0 Å². The average Bonchev–Trinajstić information content (AvgIpc) is 2.54. The summed E-state index contributed by atoms with van der Waals surface area (Å²) in [5.41, 5.74) is 1.03. The molecule has 1 fully saturated rings. The maximum atomic E-state index is 11.7. The quantitative estimate of drug-likeness (QED) is 0.839. The van der Waals surface area contributed by atoms with Gasteiger partial charge < -0.3 is 9.80 Å². The number of para-hydroxylation sites is 1. The summed E-state index contributed by atoms with van der Waals surface area (Å²) in [6, 6.07) is 12.3. The summed E-state index contributed by atoms with van der Waals surface area (Å²) in [7, 11) is 0. The van der Waals surface area contributed by atoms with Gasteiger partial charge in [-0.15, -0.1) is 0 Å². The lowest BCUT2D eigenvalue weighted by molar-refractivity contribution is -0.131. The van der Waals surface area contributed by atoms with Gasteiger partial charge in [0.2, 0.25) is 5.91 Å². The van der Waals surface area contributed by atoms with Gasteiger partial charge >= 0.3 is 0 Å². The Balaban J connectivity index is 1.75. The topological polar surface area (TPSA) is 36.4 Å². The van der Waals surface area contributed by atoms with Crippen LogP contribution in [-0.4, -0.2) is 42.0 Å². The van der Waals surface area contributed by atoms with Crippen LogP contribution >= 0.6 is 0 Å². The molecule has 104 valence electrons. The molecule has 2 aromatic rings. The van der Waals surface area contributed by atoms with Gasteiger partial charge in [-0.05, 0) is 18.2 Å². The van der Waals surface area contributed by atoms with Crippen molar-refractivity contribution in [2.45, 2.75) is 13.3 Å². The van der Waals surface area contributed by atoms with Gasteiger partial charge in [0.05, 0.1) is 5.52 Å². The van der Waals surface area contributed by atoms with E-state index in [-0.39, 0.29) is 5.91 Å². The fourth-order valence-corrected chi connectivity index (χ4v) is 2.64. The number of pyridine rings is 1. The molecule has 0 radical (unpaired) electrons. The number of piperazine rings is 1. The second kappa shape index (κ2) is 5.49. The molecular weight excluding hydrogens is 250 g/mol. The van der Waals surface area contributed by atoms with Gasteiger partial charge in [0.15, 0.2) is 0 Å². The summed E-state index contributed by atoms with van der Waals surface area (Å²) >= 11 is 0. The summed E-state index contributed by atoms with van der Waals surface area (Å²) < 4.78 is 0. The lowest BCUT2D eigenvalue weighted by atomic mass is 10.2. The minimum Gasteiger partial charge on any atom is -0.353 e. The van der Waals surface area contributed by atoms with E-state index in [4.69, 9.17) is 4.98 Å². The van der Waals surface area contributed by atoms with Crippen molar-refractivity contribution in [3.8, 4) is 0 Å². The molecule has 1 aromatic carbocycles. The number of rotatable bonds is 2. The van der Waals surface area contributed by atoms with Crippen LogP contribution in [0.2, 0.25) is 0 Å². The number of carbonyl (C=O) groups excluding carboxylic acids is 1. The number of amides is 1. The molecule has 4 nitrogen and oxygen atoms in total. The molecular formula is C16H19N3O. The zero-order valence-corrected chi connectivity index (χ0v) is 11.7. The van der Waals surface area contributed by atoms with E-state index in [0.29, 0.717) is 6.42 Å². The van der Waals surface area contributed by atoms with Crippen molar-refractivity contribution in [1.82, 2.24) is 9.88 Å².